The van der Waals surface area contributed by atoms with E-state index in [1.54, 1.807) is 18.4 Å². The molecule has 1 N–H and O–H groups in total. The molecule has 2 rings (SSSR count). The molecule has 3 nitrogen and oxygen atoms in total. The molecule has 2 aromatic rings. The first kappa shape index (κ1) is 14.1. The van der Waals surface area contributed by atoms with E-state index in [1.165, 1.54) is 0 Å². The maximum Gasteiger partial charge on any atom is 0.224 e. The van der Waals surface area contributed by atoms with E-state index in [-0.39, 0.29) is 5.91 Å². The number of amides is 1. The molecule has 1 aromatic heterocycles. The Kier molecular flexibility index (Phi) is 4.99. The molecule has 0 radical (unpaired) electrons. The minimum absolute atomic E-state index is 0.0118. The third-order valence-corrected chi connectivity index (χ3v) is 4.28. The second-order valence-corrected chi connectivity index (χ2v) is 5.95. The smallest absolute Gasteiger partial charge is 0.224 e. The van der Waals surface area contributed by atoms with E-state index in [9.17, 15) is 4.79 Å². The summed E-state index contributed by atoms with van der Waals surface area (Å²) in [6.07, 6.45) is 0.365. The van der Waals surface area contributed by atoms with E-state index in [0.29, 0.717) is 13.0 Å². The molecule has 0 aliphatic rings. The summed E-state index contributed by atoms with van der Waals surface area (Å²) in [6.45, 7) is 0.569. The maximum absolute atomic E-state index is 11.8. The molecule has 0 spiro atoms. The number of nitrogens with one attached hydrogen (secondary N) is 1. The summed E-state index contributed by atoms with van der Waals surface area (Å²) in [6, 6.07) is 9.56. The first-order chi connectivity index (χ1) is 9.17. The van der Waals surface area contributed by atoms with Crippen molar-refractivity contribution in [3.05, 3.63) is 50.6 Å². The van der Waals surface area contributed by atoms with Crippen LogP contribution in [0.2, 0.25) is 0 Å². The van der Waals surface area contributed by atoms with Crippen LogP contribution in [-0.4, -0.2) is 13.0 Å². The van der Waals surface area contributed by atoms with E-state index in [1.807, 2.05) is 35.7 Å². The summed E-state index contributed by atoms with van der Waals surface area (Å²) in [4.78, 5) is 13.0. The van der Waals surface area contributed by atoms with Crippen molar-refractivity contribution >= 4 is 33.2 Å². The number of halogens is 1. The Morgan fingerprint density at radius 2 is 2.26 bits per heavy atom. The second kappa shape index (κ2) is 6.73. The summed E-state index contributed by atoms with van der Waals surface area (Å²) in [7, 11) is 1.62. The minimum atomic E-state index is 0.0118. The zero-order chi connectivity index (χ0) is 13.7. The van der Waals surface area contributed by atoms with Crippen LogP contribution in [0.25, 0.3) is 0 Å². The quantitative estimate of drug-likeness (QED) is 0.906. The van der Waals surface area contributed by atoms with Crippen molar-refractivity contribution < 1.29 is 9.53 Å². The van der Waals surface area contributed by atoms with Gasteiger partial charge in [0.05, 0.1) is 20.1 Å². The van der Waals surface area contributed by atoms with Crippen LogP contribution in [0, 0.1) is 0 Å². The molecule has 0 saturated carbocycles. The number of carbonyl (C=O) groups excluding carboxylic acids is 1. The van der Waals surface area contributed by atoms with Gasteiger partial charge in [-0.1, -0.05) is 12.1 Å². The van der Waals surface area contributed by atoms with Gasteiger partial charge in [-0.15, -0.1) is 11.3 Å². The normalized spacial score (nSPS) is 10.2. The van der Waals surface area contributed by atoms with E-state index in [0.717, 1.165) is 20.7 Å². The molecule has 19 heavy (non-hydrogen) atoms. The Morgan fingerprint density at radius 3 is 2.95 bits per heavy atom. The first-order valence-electron chi connectivity index (χ1n) is 5.80. The van der Waals surface area contributed by atoms with Crippen molar-refractivity contribution in [3.63, 3.8) is 0 Å². The van der Waals surface area contributed by atoms with Gasteiger partial charge in [-0.05, 0) is 39.7 Å². The maximum atomic E-state index is 11.8. The second-order valence-electron chi connectivity index (χ2n) is 4.04. The number of hydrogen-bond donors (Lipinski definition) is 1. The molecule has 0 saturated heterocycles. The Morgan fingerprint density at radius 1 is 1.42 bits per heavy atom. The highest BCUT2D eigenvalue weighted by Crippen LogP contribution is 2.19. The fourth-order valence-corrected chi connectivity index (χ4v) is 3.05. The van der Waals surface area contributed by atoms with Gasteiger partial charge in [0.25, 0.3) is 0 Å². The zero-order valence-corrected chi connectivity index (χ0v) is 12.9. The number of ether oxygens (including phenoxy) is 1. The lowest BCUT2D eigenvalue weighted by molar-refractivity contribution is -0.120. The summed E-state index contributed by atoms with van der Waals surface area (Å²) in [5, 5.41) is 4.91. The van der Waals surface area contributed by atoms with Crippen molar-refractivity contribution in [2.75, 3.05) is 7.11 Å². The number of benzene rings is 1. The monoisotopic (exact) mass is 339 g/mol. The van der Waals surface area contributed by atoms with Crippen LogP contribution in [0.3, 0.4) is 0 Å². The van der Waals surface area contributed by atoms with Gasteiger partial charge in [0.1, 0.15) is 5.75 Å². The van der Waals surface area contributed by atoms with Gasteiger partial charge >= 0.3 is 0 Å². The van der Waals surface area contributed by atoms with E-state index in [2.05, 4.69) is 21.2 Å². The molecule has 0 unspecified atom stereocenters. The van der Waals surface area contributed by atoms with Gasteiger partial charge in [-0.25, -0.2) is 0 Å². The molecular weight excluding hydrogens is 326 g/mol. The van der Waals surface area contributed by atoms with Crippen molar-refractivity contribution in [2.45, 2.75) is 13.0 Å². The SMILES string of the molecule is COc1cccc(CC(=O)NCc2cc(Br)cs2)c1. The largest absolute Gasteiger partial charge is 0.497 e. The molecule has 1 heterocycles. The molecule has 0 bridgehead atoms. The van der Waals surface area contributed by atoms with Crippen molar-refractivity contribution in [1.29, 1.82) is 0 Å². The Balaban J connectivity index is 1.86. The number of rotatable bonds is 5. The average molecular weight is 340 g/mol. The van der Waals surface area contributed by atoms with Gasteiger partial charge in [-0.3, -0.25) is 4.79 Å². The third kappa shape index (κ3) is 4.36. The molecule has 5 heteroatoms. The molecular formula is C14H14BrNO2S. The van der Waals surface area contributed by atoms with Gasteiger partial charge in [-0.2, -0.15) is 0 Å². The molecule has 0 fully saturated rings. The number of thiophene rings is 1. The average Bonchev–Trinajstić information content (AvgIpc) is 2.82. The fraction of sp³-hybridized carbons (Fsp3) is 0.214. The highest BCUT2D eigenvalue weighted by atomic mass is 79.9. The van der Waals surface area contributed by atoms with Crippen LogP contribution in [0.4, 0.5) is 0 Å². The van der Waals surface area contributed by atoms with Crippen LogP contribution in [0.15, 0.2) is 40.2 Å². The first-order valence-corrected chi connectivity index (χ1v) is 7.47. The Labute approximate surface area is 124 Å². The summed E-state index contributed by atoms with van der Waals surface area (Å²) >= 11 is 5.01. The Hall–Kier alpha value is -1.33. The molecule has 0 aliphatic heterocycles. The molecule has 100 valence electrons. The van der Waals surface area contributed by atoms with Crippen LogP contribution in [0.5, 0.6) is 5.75 Å². The molecule has 0 aliphatic carbocycles. The van der Waals surface area contributed by atoms with Gasteiger partial charge in [0.2, 0.25) is 5.91 Å². The highest BCUT2D eigenvalue weighted by Gasteiger charge is 2.05. The third-order valence-electron chi connectivity index (χ3n) is 2.58. The number of carbonyl (C=O) groups is 1. The predicted molar refractivity (Wildman–Crippen MR) is 80.6 cm³/mol. The number of hydrogen-bond acceptors (Lipinski definition) is 3. The summed E-state index contributed by atoms with van der Waals surface area (Å²) in [5.41, 5.74) is 0.948. The fourth-order valence-electron chi connectivity index (χ4n) is 1.66. The predicted octanol–water partition coefficient (Wildman–Crippen LogP) is 3.38. The number of methoxy groups -OCH3 is 1. The van der Waals surface area contributed by atoms with Crippen LogP contribution in [-0.2, 0) is 17.8 Å². The van der Waals surface area contributed by atoms with E-state index >= 15 is 0 Å². The lowest BCUT2D eigenvalue weighted by atomic mass is 10.1. The summed E-state index contributed by atoms with van der Waals surface area (Å²) < 4.78 is 6.18. The van der Waals surface area contributed by atoms with Crippen LogP contribution in [0.1, 0.15) is 10.4 Å². The lowest BCUT2D eigenvalue weighted by Crippen LogP contribution is -2.24. The van der Waals surface area contributed by atoms with E-state index in [4.69, 9.17) is 4.74 Å². The van der Waals surface area contributed by atoms with Crippen molar-refractivity contribution in [2.24, 2.45) is 0 Å². The van der Waals surface area contributed by atoms with Crippen molar-refractivity contribution in [3.8, 4) is 5.75 Å². The lowest BCUT2D eigenvalue weighted by Gasteiger charge is -2.05. The highest BCUT2D eigenvalue weighted by molar-refractivity contribution is 9.10. The summed E-state index contributed by atoms with van der Waals surface area (Å²) in [5.74, 6) is 0.783. The topological polar surface area (TPSA) is 38.3 Å². The zero-order valence-electron chi connectivity index (χ0n) is 10.5. The van der Waals surface area contributed by atoms with Crippen molar-refractivity contribution in [1.82, 2.24) is 5.32 Å². The van der Waals surface area contributed by atoms with Gasteiger partial charge < -0.3 is 10.1 Å². The van der Waals surface area contributed by atoms with Crippen LogP contribution < -0.4 is 10.1 Å². The van der Waals surface area contributed by atoms with Gasteiger partial charge in [0.15, 0.2) is 0 Å². The Bertz CT molecular complexity index is 568. The molecule has 1 aromatic carbocycles. The van der Waals surface area contributed by atoms with E-state index < -0.39 is 0 Å². The minimum Gasteiger partial charge on any atom is -0.497 e. The van der Waals surface area contributed by atoms with Crippen LogP contribution >= 0.6 is 27.3 Å². The molecule has 0 atom stereocenters. The van der Waals surface area contributed by atoms with Gasteiger partial charge in [0, 0.05) is 14.7 Å². The standard InChI is InChI=1S/C14H14BrNO2S/c1-18-12-4-2-3-10(5-12)6-14(17)16-8-13-7-11(15)9-19-13/h2-5,7,9H,6,8H2,1H3,(H,16,17). The molecule has 1 amide bonds.